The minimum atomic E-state index is 0.355. The second-order valence-electron chi connectivity index (χ2n) is 4.31. The highest BCUT2D eigenvalue weighted by Crippen LogP contribution is 2.33. The Morgan fingerprint density at radius 2 is 2.06 bits per heavy atom. The molecule has 0 spiro atoms. The van der Waals surface area contributed by atoms with Gasteiger partial charge in [0.15, 0.2) is 0 Å². The Morgan fingerprint density at radius 3 is 2.59 bits per heavy atom. The number of halogens is 1. The molecule has 0 fully saturated rings. The first-order chi connectivity index (χ1) is 8.13. The van der Waals surface area contributed by atoms with E-state index in [0.717, 1.165) is 23.2 Å². The lowest BCUT2D eigenvalue weighted by Crippen LogP contribution is -2.27. The van der Waals surface area contributed by atoms with Gasteiger partial charge >= 0.3 is 0 Å². The van der Waals surface area contributed by atoms with E-state index in [4.69, 9.17) is 4.74 Å². The third kappa shape index (κ3) is 3.71. The van der Waals surface area contributed by atoms with Crippen molar-refractivity contribution in [2.24, 2.45) is 5.92 Å². The molecule has 1 aromatic rings. The standard InChI is InChI=1S/C14H22BrNO/c1-5-10(3)14(16-6-2)12-8-7-11(15)9-13(12)17-4/h7-10,14,16H,5-6H2,1-4H3. The van der Waals surface area contributed by atoms with E-state index in [0.29, 0.717) is 12.0 Å². The van der Waals surface area contributed by atoms with Crippen LogP contribution in [-0.4, -0.2) is 13.7 Å². The first-order valence-corrected chi connectivity index (χ1v) is 7.00. The molecule has 96 valence electrons. The molecular weight excluding hydrogens is 278 g/mol. The summed E-state index contributed by atoms with van der Waals surface area (Å²) in [6.07, 6.45) is 1.15. The minimum Gasteiger partial charge on any atom is -0.496 e. The summed E-state index contributed by atoms with van der Waals surface area (Å²) in [6.45, 7) is 7.60. The largest absolute Gasteiger partial charge is 0.496 e. The van der Waals surface area contributed by atoms with Gasteiger partial charge in [-0.25, -0.2) is 0 Å². The maximum atomic E-state index is 5.48. The fraction of sp³-hybridized carbons (Fsp3) is 0.571. The summed E-state index contributed by atoms with van der Waals surface area (Å²) in [5, 5.41) is 3.55. The molecule has 0 saturated heterocycles. The van der Waals surface area contributed by atoms with Crippen molar-refractivity contribution >= 4 is 15.9 Å². The van der Waals surface area contributed by atoms with Crippen molar-refractivity contribution in [3.63, 3.8) is 0 Å². The number of ether oxygens (including phenoxy) is 1. The number of hydrogen-bond donors (Lipinski definition) is 1. The van der Waals surface area contributed by atoms with E-state index in [-0.39, 0.29) is 0 Å². The molecule has 2 atom stereocenters. The van der Waals surface area contributed by atoms with Gasteiger partial charge in [-0.05, 0) is 24.6 Å². The van der Waals surface area contributed by atoms with E-state index in [1.54, 1.807) is 7.11 Å². The summed E-state index contributed by atoms with van der Waals surface area (Å²) >= 11 is 3.48. The number of hydrogen-bond acceptors (Lipinski definition) is 2. The lowest BCUT2D eigenvalue weighted by Gasteiger charge is -2.26. The Kier molecular flexibility index (Phi) is 6.00. The average Bonchev–Trinajstić information content (AvgIpc) is 2.35. The molecule has 17 heavy (non-hydrogen) atoms. The van der Waals surface area contributed by atoms with Gasteiger partial charge < -0.3 is 10.1 Å². The molecule has 0 bridgehead atoms. The predicted molar refractivity (Wildman–Crippen MR) is 76.6 cm³/mol. The summed E-state index contributed by atoms with van der Waals surface area (Å²) in [6, 6.07) is 6.60. The normalized spacial score (nSPS) is 14.4. The highest BCUT2D eigenvalue weighted by atomic mass is 79.9. The van der Waals surface area contributed by atoms with Crippen LogP contribution in [0.1, 0.15) is 38.8 Å². The maximum Gasteiger partial charge on any atom is 0.124 e. The Labute approximate surface area is 113 Å². The lowest BCUT2D eigenvalue weighted by molar-refractivity contribution is 0.355. The van der Waals surface area contributed by atoms with E-state index < -0.39 is 0 Å². The van der Waals surface area contributed by atoms with Crippen LogP contribution < -0.4 is 10.1 Å². The molecular formula is C14H22BrNO. The highest BCUT2D eigenvalue weighted by molar-refractivity contribution is 9.10. The molecule has 0 aromatic heterocycles. The quantitative estimate of drug-likeness (QED) is 0.852. The fourth-order valence-electron chi connectivity index (χ4n) is 2.02. The van der Waals surface area contributed by atoms with Crippen LogP contribution in [0.2, 0.25) is 0 Å². The van der Waals surface area contributed by atoms with Gasteiger partial charge in [-0.2, -0.15) is 0 Å². The monoisotopic (exact) mass is 299 g/mol. The van der Waals surface area contributed by atoms with Crippen molar-refractivity contribution in [3.8, 4) is 5.75 Å². The summed E-state index contributed by atoms with van der Waals surface area (Å²) in [4.78, 5) is 0. The fourth-order valence-corrected chi connectivity index (χ4v) is 2.36. The third-order valence-electron chi connectivity index (χ3n) is 3.17. The smallest absolute Gasteiger partial charge is 0.124 e. The molecule has 1 rings (SSSR count). The number of methoxy groups -OCH3 is 1. The molecule has 0 aliphatic rings. The molecule has 1 aromatic carbocycles. The van der Waals surface area contributed by atoms with Gasteiger partial charge in [-0.15, -0.1) is 0 Å². The van der Waals surface area contributed by atoms with Gasteiger partial charge in [0, 0.05) is 16.1 Å². The van der Waals surface area contributed by atoms with Gasteiger partial charge in [0.2, 0.25) is 0 Å². The third-order valence-corrected chi connectivity index (χ3v) is 3.66. The zero-order chi connectivity index (χ0) is 12.8. The number of benzene rings is 1. The molecule has 3 heteroatoms. The average molecular weight is 300 g/mol. The van der Waals surface area contributed by atoms with E-state index in [9.17, 15) is 0 Å². The van der Waals surface area contributed by atoms with Gasteiger partial charge in [0.1, 0.15) is 5.75 Å². The first-order valence-electron chi connectivity index (χ1n) is 6.20. The van der Waals surface area contributed by atoms with Crippen molar-refractivity contribution in [2.45, 2.75) is 33.2 Å². The van der Waals surface area contributed by atoms with Crippen molar-refractivity contribution in [1.82, 2.24) is 5.32 Å². The molecule has 2 nitrogen and oxygen atoms in total. The van der Waals surface area contributed by atoms with Crippen molar-refractivity contribution in [1.29, 1.82) is 0 Å². The zero-order valence-electron chi connectivity index (χ0n) is 11.1. The van der Waals surface area contributed by atoms with Crippen LogP contribution in [0.15, 0.2) is 22.7 Å². The first kappa shape index (κ1) is 14.5. The van der Waals surface area contributed by atoms with Gasteiger partial charge in [0.05, 0.1) is 7.11 Å². The second kappa shape index (κ2) is 7.02. The molecule has 0 amide bonds. The van der Waals surface area contributed by atoms with Crippen molar-refractivity contribution < 1.29 is 4.74 Å². The van der Waals surface area contributed by atoms with Crippen molar-refractivity contribution in [3.05, 3.63) is 28.2 Å². The second-order valence-corrected chi connectivity index (χ2v) is 5.22. The van der Waals surface area contributed by atoms with Crippen LogP contribution >= 0.6 is 15.9 Å². The minimum absolute atomic E-state index is 0.355. The van der Waals surface area contributed by atoms with E-state index in [1.165, 1.54) is 5.56 Å². The SMILES string of the molecule is CCNC(c1ccc(Br)cc1OC)C(C)CC. The molecule has 1 N–H and O–H groups in total. The van der Waals surface area contributed by atoms with Gasteiger partial charge in [0.25, 0.3) is 0 Å². The topological polar surface area (TPSA) is 21.3 Å². The van der Waals surface area contributed by atoms with Crippen molar-refractivity contribution in [2.75, 3.05) is 13.7 Å². The Bertz CT molecular complexity index is 354. The highest BCUT2D eigenvalue weighted by Gasteiger charge is 2.20. The maximum absolute atomic E-state index is 5.48. The summed E-state index contributed by atoms with van der Waals surface area (Å²) in [7, 11) is 1.73. The van der Waals surface area contributed by atoms with Crippen LogP contribution in [0.5, 0.6) is 5.75 Å². The molecule has 0 aliphatic heterocycles. The summed E-state index contributed by atoms with van der Waals surface area (Å²) in [5.41, 5.74) is 1.24. The summed E-state index contributed by atoms with van der Waals surface area (Å²) < 4.78 is 6.53. The number of nitrogens with one attached hydrogen (secondary N) is 1. The van der Waals surface area contributed by atoms with Crippen LogP contribution in [0.4, 0.5) is 0 Å². The lowest BCUT2D eigenvalue weighted by atomic mass is 9.92. The van der Waals surface area contributed by atoms with Gasteiger partial charge in [-0.3, -0.25) is 0 Å². The molecule has 0 radical (unpaired) electrons. The molecule has 0 aliphatic carbocycles. The molecule has 2 unspecified atom stereocenters. The van der Waals surface area contributed by atoms with E-state index >= 15 is 0 Å². The Hall–Kier alpha value is -0.540. The van der Waals surface area contributed by atoms with Crippen LogP contribution in [0.25, 0.3) is 0 Å². The Balaban J connectivity index is 3.08. The van der Waals surface area contributed by atoms with Crippen LogP contribution in [-0.2, 0) is 0 Å². The molecule has 0 saturated carbocycles. The number of rotatable bonds is 6. The van der Waals surface area contributed by atoms with Gasteiger partial charge in [-0.1, -0.05) is 49.2 Å². The Morgan fingerprint density at radius 1 is 1.35 bits per heavy atom. The zero-order valence-corrected chi connectivity index (χ0v) is 12.7. The predicted octanol–water partition coefficient (Wildman–Crippen LogP) is 4.15. The van der Waals surface area contributed by atoms with Crippen LogP contribution in [0, 0.1) is 5.92 Å². The van der Waals surface area contributed by atoms with Crippen LogP contribution in [0.3, 0.4) is 0 Å². The van der Waals surface area contributed by atoms with E-state index in [2.05, 4.69) is 54.2 Å². The summed E-state index contributed by atoms with van der Waals surface area (Å²) in [5.74, 6) is 1.54. The van der Waals surface area contributed by atoms with E-state index in [1.807, 2.05) is 6.07 Å². The molecule has 0 heterocycles.